The lowest BCUT2D eigenvalue weighted by atomic mass is 10.2. The van der Waals surface area contributed by atoms with E-state index in [1.807, 2.05) is 24.3 Å². The molecule has 134 valence electrons. The smallest absolute Gasteiger partial charge is 0.270 e. The first-order chi connectivity index (χ1) is 12.5. The Labute approximate surface area is 162 Å². The highest BCUT2D eigenvalue weighted by atomic mass is 32.2. The molecule has 1 fully saturated rings. The van der Waals surface area contributed by atoms with Crippen molar-refractivity contribution >= 4 is 51.7 Å². The van der Waals surface area contributed by atoms with Gasteiger partial charge in [0.25, 0.3) is 5.91 Å². The molecule has 2 aromatic carbocycles. The second-order valence-corrected chi connectivity index (χ2v) is 7.43. The predicted molar refractivity (Wildman–Crippen MR) is 112 cm³/mol. The summed E-state index contributed by atoms with van der Waals surface area (Å²) in [4.78, 5) is 17.1. The molecule has 0 bridgehead atoms. The van der Waals surface area contributed by atoms with E-state index in [1.165, 1.54) is 23.9 Å². The molecular weight excluding hydrogens is 367 g/mol. The largest absolute Gasteiger partial charge is 0.372 e. The van der Waals surface area contributed by atoms with Crippen molar-refractivity contribution in [2.24, 2.45) is 0 Å². The second kappa shape index (κ2) is 8.01. The number of thioether (sulfide) groups is 1. The monoisotopic (exact) mass is 386 g/mol. The molecular formula is C20H19FN2OS2. The summed E-state index contributed by atoms with van der Waals surface area (Å²) in [5.41, 5.74) is 2.64. The van der Waals surface area contributed by atoms with Crippen molar-refractivity contribution in [1.82, 2.24) is 0 Å². The minimum atomic E-state index is -0.303. The van der Waals surface area contributed by atoms with Crippen LogP contribution in [-0.2, 0) is 4.79 Å². The number of hydrogen-bond donors (Lipinski definition) is 0. The molecule has 0 aromatic heterocycles. The van der Waals surface area contributed by atoms with Gasteiger partial charge in [0, 0.05) is 18.8 Å². The molecule has 1 amide bonds. The molecule has 3 nitrogen and oxygen atoms in total. The average Bonchev–Trinajstić information content (AvgIpc) is 2.92. The summed E-state index contributed by atoms with van der Waals surface area (Å²) in [5, 5.41) is 0. The van der Waals surface area contributed by atoms with E-state index in [0.717, 1.165) is 30.0 Å². The van der Waals surface area contributed by atoms with Gasteiger partial charge < -0.3 is 4.90 Å². The third-order valence-corrected chi connectivity index (χ3v) is 5.50. The number of benzene rings is 2. The minimum absolute atomic E-state index is 0.153. The molecule has 3 rings (SSSR count). The summed E-state index contributed by atoms with van der Waals surface area (Å²) >= 11 is 6.66. The first kappa shape index (κ1) is 18.6. The van der Waals surface area contributed by atoms with Gasteiger partial charge in [-0.25, -0.2) is 4.39 Å². The molecule has 0 radical (unpaired) electrons. The summed E-state index contributed by atoms with van der Waals surface area (Å²) in [6.07, 6.45) is 1.74. The Morgan fingerprint density at radius 3 is 2.27 bits per heavy atom. The highest BCUT2D eigenvalue weighted by molar-refractivity contribution is 8.27. The van der Waals surface area contributed by atoms with Crippen molar-refractivity contribution in [1.29, 1.82) is 0 Å². The first-order valence-corrected chi connectivity index (χ1v) is 9.64. The number of halogens is 1. The zero-order valence-corrected chi connectivity index (χ0v) is 16.2. The van der Waals surface area contributed by atoms with E-state index in [0.29, 0.717) is 9.23 Å². The van der Waals surface area contributed by atoms with Crippen LogP contribution in [-0.4, -0.2) is 23.3 Å². The topological polar surface area (TPSA) is 23.6 Å². The summed E-state index contributed by atoms with van der Waals surface area (Å²) in [7, 11) is 0. The number of anilines is 2. The third kappa shape index (κ3) is 3.81. The van der Waals surface area contributed by atoms with Crippen molar-refractivity contribution in [3.63, 3.8) is 0 Å². The van der Waals surface area contributed by atoms with E-state index in [9.17, 15) is 9.18 Å². The van der Waals surface area contributed by atoms with Gasteiger partial charge in [-0.05, 0) is 61.9 Å². The van der Waals surface area contributed by atoms with E-state index in [-0.39, 0.29) is 11.7 Å². The SMILES string of the molecule is CCN(CC)c1ccc(N2C(=O)C(=Cc3ccc(F)cc3)SC2=S)cc1. The molecule has 1 heterocycles. The fraction of sp³-hybridized carbons (Fsp3) is 0.200. The Kier molecular flexibility index (Phi) is 5.74. The lowest BCUT2D eigenvalue weighted by Crippen LogP contribution is -2.27. The van der Waals surface area contributed by atoms with Gasteiger partial charge in [-0.3, -0.25) is 9.69 Å². The van der Waals surface area contributed by atoms with Crippen molar-refractivity contribution in [3.05, 3.63) is 64.8 Å². The van der Waals surface area contributed by atoms with Gasteiger partial charge in [0.2, 0.25) is 0 Å². The number of nitrogens with zero attached hydrogens (tertiary/aromatic N) is 2. The summed E-state index contributed by atoms with van der Waals surface area (Å²) in [6.45, 7) is 6.08. The van der Waals surface area contributed by atoms with E-state index in [2.05, 4.69) is 18.7 Å². The maximum atomic E-state index is 13.0. The van der Waals surface area contributed by atoms with Crippen molar-refractivity contribution < 1.29 is 9.18 Å². The Hall–Kier alpha value is -2.18. The number of amides is 1. The average molecular weight is 387 g/mol. The highest BCUT2D eigenvalue weighted by Crippen LogP contribution is 2.36. The van der Waals surface area contributed by atoms with Crippen LogP contribution in [0.5, 0.6) is 0 Å². The lowest BCUT2D eigenvalue weighted by Gasteiger charge is -2.22. The van der Waals surface area contributed by atoms with Crippen LogP contribution in [0, 0.1) is 5.82 Å². The molecule has 1 aliphatic rings. The predicted octanol–water partition coefficient (Wildman–Crippen LogP) is 5.08. The van der Waals surface area contributed by atoms with Crippen LogP contribution in [0.2, 0.25) is 0 Å². The zero-order valence-electron chi connectivity index (χ0n) is 14.6. The van der Waals surface area contributed by atoms with Crippen LogP contribution < -0.4 is 9.80 Å². The molecule has 0 saturated carbocycles. The van der Waals surface area contributed by atoms with Gasteiger partial charge in [0.1, 0.15) is 5.82 Å². The fourth-order valence-corrected chi connectivity index (χ4v) is 4.10. The molecule has 0 atom stereocenters. The van der Waals surface area contributed by atoms with Crippen LogP contribution in [0.3, 0.4) is 0 Å². The first-order valence-electron chi connectivity index (χ1n) is 8.42. The van der Waals surface area contributed by atoms with Crippen LogP contribution in [0.15, 0.2) is 53.4 Å². The molecule has 1 aliphatic heterocycles. The molecule has 1 saturated heterocycles. The minimum Gasteiger partial charge on any atom is -0.372 e. The number of hydrogen-bond acceptors (Lipinski definition) is 4. The van der Waals surface area contributed by atoms with E-state index >= 15 is 0 Å². The Morgan fingerprint density at radius 1 is 1.08 bits per heavy atom. The summed E-state index contributed by atoms with van der Waals surface area (Å²) < 4.78 is 13.5. The van der Waals surface area contributed by atoms with Crippen LogP contribution in [0.4, 0.5) is 15.8 Å². The molecule has 0 N–H and O–H groups in total. The highest BCUT2D eigenvalue weighted by Gasteiger charge is 2.33. The molecule has 0 spiro atoms. The third-order valence-electron chi connectivity index (χ3n) is 4.20. The fourth-order valence-electron chi connectivity index (χ4n) is 2.80. The lowest BCUT2D eigenvalue weighted by molar-refractivity contribution is -0.113. The number of carbonyl (C=O) groups excluding carboxylic acids is 1. The Morgan fingerprint density at radius 2 is 1.69 bits per heavy atom. The standard InChI is InChI=1S/C20H19FN2OS2/c1-3-22(4-2)16-9-11-17(12-10-16)23-19(24)18(26-20(23)25)13-14-5-7-15(21)8-6-14/h5-13H,3-4H2,1-2H3. The molecule has 0 unspecified atom stereocenters. The van der Waals surface area contributed by atoms with Gasteiger partial charge >= 0.3 is 0 Å². The maximum absolute atomic E-state index is 13.0. The Balaban J connectivity index is 1.84. The quantitative estimate of drug-likeness (QED) is 0.528. The van der Waals surface area contributed by atoms with Crippen LogP contribution >= 0.6 is 24.0 Å². The van der Waals surface area contributed by atoms with Crippen molar-refractivity contribution in [2.75, 3.05) is 22.9 Å². The molecule has 26 heavy (non-hydrogen) atoms. The van der Waals surface area contributed by atoms with Gasteiger partial charge in [-0.2, -0.15) is 0 Å². The van der Waals surface area contributed by atoms with E-state index in [1.54, 1.807) is 23.1 Å². The molecule has 6 heteroatoms. The van der Waals surface area contributed by atoms with Crippen LogP contribution in [0.25, 0.3) is 6.08 Å². The maximum Gasteiger partial charge on any atom is 0.270 e. The van der Waals surface area contributed by atoms with Crippen molar-refractivity contribution in [2.45, 2.75) is 13.8 Å². The van der Waals surface area contributed by atoms with Crippen molar-refractivity contribution in [3.8, 4) is 0 Å². The summed E-state index contributed by atoms with van der Waals surface area (Å²) in [5.74, 6) is -0.456. The van der Waals surface area contributed by atoms with Gasteiger partial charge in [-0.1, -0.05) is 36.1 Å². The summed E-state index contributed by atoms with van der Waals surface area (Å²) in [6, 6.07) is 13.9. The second-order valence-electron chi connectivity index (χ2n) is 5.76. The van der Waals surface area contributed by atoms with Crippen LogP contribution in [0.1, 0.15) is 19.4 Å². The number of carbonyl (C=O) groups is 1. The van der Waals surface area contributed by atoms with E-state index < -0.39 is 0 Å². The number of rotatable bonds is 5. The zero-order chi connectivity index (χ0) is 18.7. The molecule has 0 aliphatic carbocycles. The van der Waals surface area contributed by atoms with Gasteiger partial charge in [0.15, 0.2) is 4.32 Å². The van der Waals surface area contributed by atoms with Gasteiger partial charge in [-0.15, -0.1) is 0 Å². The van der Waals surface area contributed by atoms with E-state index in [4.69, 9.17) is 12.2 Å². The molecule has 2 aromatic rings. The van der Waals surface area contributed by atoms with Gasteiger partial charge in [0.05, 0.1) is 10.6 Å². The normalized spacial score (nSPS) is 15.8. The number of thiocarbonyl (C=S) groups is 1. The Bertz CT molecular complexity index is 843.